The van der Waals surface area contributed by atoms with Crippen LogP contribution < -0.4 is 5.43 Å². The molecule has 1 fully saturated rings. The zero-order chi connectivity index (χ0) is 11.4. The van der Waals surface area contributed by atoms with Gasteiger partial charge in [-0.3, -0.25) is 0 Å². The molecule has 0 aliphatic carbocycles. The van der Waals surface area contributed by atoms with Crippen LogP contribution in [0.1, 0.15) is 12.8 Å². The van der Waals surface area contributed by atoms with Crippen molar-refractivity contribution in [2.75, 3.05) is 25.1 Å². The normalized spacial score (nSPS) is 18.6. The number of rotatable bonds is 3. The number of aliphatic hydroxyl groups is 1. The first-order valence-electron chi connectivity index (χ1n) is 5.66. The van der Waals surface area contributed by atoms with E-state index in [2.05, 4.69) is 10.4 Å². The zero-order valence-electron chi connectivity index (χ0n) is 9.19. The summed E-state index contributed by atoms with van der Waals surface area (Å²) < 4.78 is 12.9. The quantitative estimate of drug-likeness (QED) is 0.822. The molecule has 88 valence electrons. The van der Waals surface area contributed by atoms with Crippen molar-refractivity contribution in [2.24, 2.45) is 5.92 Å². The number of nitrogens with one attached hydrogen (secondary N) is 1. The number of hydrazine groups is 1. The van der Waals surface area contributed by atoms with Crippen LogP contribution in [0.15, 0.2) is 24.3 Å². The molecule has 0 radical (unpaired) electrons. The summed E-state index contributed by atoms with van der Waals surface area (Å²) in [5.74, 6) is 0.195. The molecule has 0 unspecified atom stereocenters. The lowest BCUT2D eigenvalue weighted by Gasteiger charge is -2.31. The maximum absolute atomic E-state index is 12.9. The minimum absolute atomic E-state index is 0.227. The first-order chi connectivity index (χ1) is 7.78. The van der Waals surface area contributed by atoms with E-state index in [1.54, 1.807) is 6.07 Å². The maximum atomic E-state index is 12.9. The Morgan fingerprint density at radius 2 is 2.12 bits per heavy atom. The van der Waals surface area contributed by atoms with Crippen LogP contribution in [0.5, 0.6) is 0 Å². The average molecular weight is 224 g/mol. The number of anilines is 1. The molecule has 1 aliphatic heterocycles. The van der Waals surface area contributed by atoms with Gasteiger partial charge in [-0.25, -0.2) is 9.40 Å². The number of piperidine rings is 1. The van der Waals surface area contributed by atoms with Crippen molar-refractivity contribution < 1.29 is 9.50 Å². The fourth-order valence-corrected chi connectivity index (χ4v) is 1.97. The third-order valence-corrected chi connectivity index (χ3v) is 2.98. The van der Waals surface area contributed by atoms with Crippen molar-refractivity contribution in [3.05, 3.63) is 30.1 Å². The van der Waals surface area contributed by atoms with Crippen LogP contribution in [0.25, 0.3) is 0 Å². The Hall–Kier alpha value is -1.13. The Kier molecular flexibility index (Phi) is 3.74. The maximum Gasteiger partial charge on any atom is 0.125 e. The van der Waals surface area contributed by atoms with E-state index < -0.39 is 0 Å². The molecule has 0 atom stereocenters. The summed E-state index contributed by atoms with van der Waals surface area (Å²) in [6.45, 7) is 2.05. The van der Waals surface area contributed by atoms with Gasteiger partial charge in [0.05, 0.1) is 5.69 Å². The third-order valence-electron chi connectivity index (χ3n) is 2.98. The summed E-state index contributed by atoms with van der Waals surface area (Å²) in [5, 5.41) is 11.1. The van der Waals surface area contributed by atoms with Gasteiger partial charge in [0.2, 0.25) is 0 Å². The molecule has 0 amide bonds. The first kappa shape index (κ1) is 11.4. The summed E-state index contributed by atoms with van der Waals surface area (Å²) in [6, 6.07) is 6.46. The second kappa shape index (κ2) is 5.27. The monoisotopic (exact) mass is 224 g/mol. The Labute approximate surface area is 94.9 Å². The molecular weight excluding hydrogens is 207 g/mol. The highest BCUT2D eigenvalue weighted by molar-refractivity contribution is 5.42. The van der Waals surface area contributed by atoms with E-state index in [-0.39, 0.29) is 12.4 Å². The topological polar surface area (TPSA) is 35.5 Å². The first-order valence-corrected chi connectivity index (χ1v) is 5.66. The molecule has 3 nitrogen and oxygen atoms in total. The summed E-state index contributed by atoms with van der Waals surface area (Å²) in [6.07, 6.45) is 1.97. The lowest BCUT2D eigenvalue weighted by molar-refractivity contribution is 0.147. The van der Waals surface area contributed by atoms with Crippen molar-refractivity contribution in [3.63, 3.8) is 0 Å². The minimum atomic E-state index is -0.227. The van der Waals surface area contributed by atoms with E-state index in [4.69, 9.17) is 5.11 Å². The smallest absolute Gasteiger partial charge is 0.125 e. The highest BCUT2D eigenvalue weighted by atomic mass is 19.1. The van der Waals surface area contributed by atoms with Crippen LogP contribution in [0.4, 0.5) is 10.1 Å². The number of aliphatic hydroxyl groups excluding tert-OH is 1. The van der Waals surface area contributed by atoms with E-state index in [0.29, 0.717) is 5.92 Å². The highest BCUT2D eigenvalue weighted by Crippen LogP contribution is 2.18. The van der Waals surface area contributed by atoms with E-state index in [1.165, 1.54) is 12.1 Å². The lowest BCUT2D eigenvalue weighted by atomic mass is 9.99. The number of hydrogen-bond acceptors (Lipinski definition) is 3. The molecule has 4 heteroatoms. The van der Waals surface area contributed by atoms with Gasteiger partial charge in [-0.05, 0) is 37.0 Å². The standard InChI is InChI=1S/C12H17FN2O/c13-11-2-1-3-12(8-11)14-15-6-4-10(9-16)5-7-15/h1-3,8,10,14,16H,4-7,9H2. The van der Waals surface area contributed by atoms with Gasteiger partial charge in [0.15, 0.2) is 0 Å². The summed E-state index contributed by atoms with van der Waals surface area (Å²) in [5.41, 5.74) is 3.96. The molecule has 1 heterocycles. The van der Waals surface area contributed by atoms with Crippen LogP contribution >= 0.6 is 0 Å². The Morgan fingerprint density at radius 3 is 2.75 bits per heavy atom. The zero-order valence-corrected chi connectivity index (χ0v) is 9.19. The molecule has 0 saturated carbocycles. The fraction of sp³-hybridized carbons (Fsp3) is 0.500. The largest absolute Gasteiger partial charge is 0.396 e. The SMILES string of the molecule is OCC1CCN(Nc2cccc(F)c2)CC1. The van der Waals surface area contributed by atoms with Crippen LogP contribution in [-0.4, -0.2) is 29.8 Å². The Bertz CT molecular complexity index is 338. The molecular formula is C12H17FN2O. The summed E-state index contributed by atoms with van der Waals surface area (Å²) >= 11 is 0. The third kappa shape index (κ3) is 2.93. The van der Waals surface area contributed by atoms with Crippen molar-refractivity contribution >= 4 is 5.69 Å². The summed E-state index contributed by atoms with van der Waals surface area (Å²) in [4.78, 5) is 0. The lowest BCUT2D eigenvalue weighted by Crippen LogP contribution is -2.38. The van der Waals surface area contributed by atoms with E-state index in [1.807, 2.05) is 6.07 Å². The van der Waals surface area contributed by atoms with Crippen molar-refractivity contribution in [2.45, 2.75) is 12.8 Å². The second-order valence-corrected chi connectivity index (χ2v) is 4.24. The van der Waals surface area contributed by atoms with E-state index in [9.17, 15) is 4.39 Å². The van der Waals surface area contributed by atoms with Crippen LogP contribution in [0, 0.1) is 11.7 Å². The number of benzene rings is 1. The van der Waals surface area contributed by atoms with Gasteiger partial charge in [-0.15, -0.1) is 0 Å². The molecule has 16 heavy (non-hydrogen) atoms. The fourth-order valence-electron chi connectivity index (χ4n) is 1.97. The average Bonchev–Trinajstić information content (AvgIpc) is 2.30. The number of halogens is 1. The van der Waals surface area contributed by atoms with Gasteiger partial charge in [0.25, 0.3) is 0 Å². The Balaban J connectivity index is 1.87. The summed E-state index contributed by atoms with van der Waals surface area (Å²) in [7, 11) is 0. The molecule has 2 N–H and O–H groups in total. The predicted molar refractivity (Wildman–Crippen MR) is 61.4 cm³/mol. The number of nitrogens with zero attached hydrogens (tertiary/aromatic N) is 1. The molecule has 1 aromatic rings. The van der Waals surface area contributed by atoms with Crippen molar-refractivity contribution in [1.82, 2.24) is 5.01 Å². The molecule has 1 aliphatic rings. The predicted octanol–water partition coefficient (Wildman–Crippen LogP) is 1.86. The molecule has 1 saturated heterocycles. The highest BCUT2D eigenvalue weighted by Gasteiger charge is 2.18. The van der Waals surface area contributed by atoms with Crippen molar-refractivity contribution in [3.8, 4) is 0 Å². The van der Waals surface area contributed by atoms with Crippen LogP contribution in [-0.2, 0) is 0 Å². The molecule has 0 spiro atoms. The van der Waals surface area contributed by atoms with Crippen LogP contribution in [0.2, 0.25) is 0 Å². The Morgan fingerprint density at radius 1 is 1.38 bits per heavy atom. The van der Waals surface area contributed by atoms with Gasteiger partial charge in [-0.2, -0.15) is 0 Å². The van der Waals surface area contributed by atoms with Gasteiger partial charge in [-0.1, -0.05) is 6.07 Å². The van der Waals surface area contributed by atoms with Gasteiger partial charge >= 0.3 is 0 Å². The molecule has 0 bridgehead atoms. The molecule has 2 rings (SSSR count). The molecule has 1 aromatic carbocycles. The minimum Gasteiger partial charge on any atom is -0.396 e. The van der Waals surface area contributed by atoms with Gasteiger partial charge < -0.3 is 10.5 Å². The second-order valence-electron chi connectivity index (χ2n) is 4.24. The van der Waals surface area contributed by atoms with Crippen molar-refractivity contribution in [1.29, 1.82) is 0 Å². The van der Waals surface area contributed by atoms with Gasteiger partial charge in [0, 0.05) is 19.7 Å². The van der Waals surface area contributed by atoms with E-state index >= 15 is 0 Å². The number of hydrogen-bond donors (Lipinski definition) is 2. The molecule has 0 aromatic heterocycles. The van der Waals surface area contributed by atoms with E-state index in [0.717, 1.165) is 31.6 Å². The van der Waals surface area contributed by atoms with Gasteiger partial charge in [0.1, 0.15) is 5.82 Å². The van der Waals surface area contributed by atoms with Crippen LogP contribution in [0.3, 0.4) is 0 Å².